The van der Waals surface area contributed by atoms with Gasteiger partial charge in [0.1, 0.15) is 0 Å². The summed E-state index contributed by atoms with van der Waals surface area (Å²) in [6, 6.07) is 0. The van der Waals surface area contributed by atoms with Crippen LogP contribution in [0.25, 0.3) is 0 Å². The van der Waals surface area contributed by atoms with Crippen molar-refractivity contribution in [2.45, 2.75) is 26.7 Å². The van der Waals surface area contributed by atoms with Gasteiger partial charge in [-0.05, 0) is 6.42 Å². The maximum atomic E-state index is 11.1. The van der Waals surface area contributed by atoms with Crippen molar-refractivity contribution in [1.82, 2.24) is 4.90 Å². The average Bonchev–Trinajstić information content (AvgIpc) is 2.10. The summed E-state index contributed by atoms with van der Waals surface area (Å²) in [7, 11) is 1.75. The summed E-state index contributed by atoms with van der Waals surface area (Å²) in [5.74, 6) is -0.160. The van der Waals surface area contributed by atoms with E-state index in [4.69, 9.17) is 4.74 Å². The van der Waals surface area contributed by atoms with E-state index in [1.54, 1.807) is 11.9 Å². The fraction of sp³-hybridized carbons (Fsp3) is 0.778. The number of carbonyl (C=O) groups is 2. The van der Waals surface area contributed by atoms with E-state index in [9.17, 15) is 9.59 Å². The molecule has 0 aromatic carbocycles. The van der Waals surface area contributed by atoms with E-state index in [2.05, 4.69) is 0 Å². The predicted molar refractivity (Wildman–Crippen MR) is 49.2 cm³/mol. The van der Waals surface area contributed by atoms with Crippen molar-refractivity contribution in [3.63, 3.8) is 0 Å². The van der Waals surface area contributed by atoms with Crippen molar-refractivity contribution >= 4 is 11.9 Å². The van der Waals surface area contributed by atoms with Gasteiger partial charge < -0.3 is 9.64 Å². The maximum Gasteiger partial charge on any atom is 0.302 e. The highest BCUT2D eigenvalue weighted by Crippen LogP contribution is 1.92. The molecule has 0 aliphatic heterocycles. The minimum absolute atomic E-state index is 0.114. The van der Waals surface area contributed by atoms with E-state index in [-0.39, 0.29) is 11.9 Å². The molecule has 0 saturated heterocycles. The SMILES string of the molecule is CCC(=O)N(C)CCCOC(C)=O. The molecular weight excluding hydrogens is 170 g/mol. The van der Waals surface area contributed by atoms with Crippen molar-refractivity contribution in [2.24, 2.45) is 0 Å². The predicted octanol–water partition coefficient (Wildman–Crippen LogP) is 0.808. The van der Waals surface area contributed by atoms with Crippen molar-refractivity contribution in [3.05, 3.63) is 0 Å². The summed E-state index contributed by atoms with van der Waals surface area (Å²) in [5.41, 5.74) is 0. The Kier molecular flexibility index (Phi) is 5.93. The van der Waals surface area contributed by atoms with Crippen LogP contribution in [0.5, 0.6) is 0 Å². The highest BCUT2D eigenvalue weighted by Gasteiger charge is 2.04. The Hall–Kier alpha value is -1.06. The number of nitrogens with zero attached hydrogens (tertiary/aromatic N) is 1. The number of esters is 1. The van der Waals surface area contributed by atoms with Crippen molar-refractivity contribution in [3.8, 4) is 0 Å². The Bertz CT molecular complexity index is 180. The topological polar surface area (TPSA) is 46.6 Å². The van der Waals surface area contributed by atoms with Crippen LogP contribution in [0.2, 0.25) is 0 Å². The molecule has 0 atom stereocenters. The van der Waals surface area contributed by atoms with Gasteiger partial charge in [0.25, 0.3) is 0 Å². The molecule has 0 aliphatic rings. The molecule has 0 radical (unpaired) electrons. The van der Waals surface area contributed by atoms with Crippen LogP contribution in [0.3, 0.4) is 0 Å². The van der Waals surface area contributed by atoms with E-state index in [1.807, 2.05) is 6.92 Å². The number of carbonyl (C=O) groups excluding carboxylic acids is 2. The lowest BCUT2D eigenvalue weighted by molar-refractivity contribution is -0.141. The van der Waals surface area contributed by atoms with Crippen LogP contribution in [0.15, 0.2) is 0 Å². The van der Waals surface area contributed by atoms with Gasteiger partial charge in [0.15, 0.2) is 0 Å². The highest BCUT2D eigenvalue weighted by molar-refractivity contribution is 5.75. The van der Waals surface area contributed by atoms with E-state index < -0.39 is 0 Å². The molecule has 0 aromatic heterocycles. The smallest absolute Gasteiger partial charge is 0.302 e. The van der Waals surface area contributed by atoms with Gasteiger partial charge in [-0.1, -0.05) is 6.92 Å². The Morgan fingerprint density at radius 3 is 2.46 bits per heavy atom. The Morgan fingerprint density at radius 2 is 2.00 bits per heavy atom. The van der Waals surface area contributed by atoms with Crippen molar-refractivity contribution in [2.75, 3.05) is 20.2 Å². The van der Waals surface area contributed by atoms with Gasteiger partial charge >= 0.3 is 5.97 Å². The lowest BCUT2D eigenvalue weighted by Crippen LogP contribution is -2.27. The molecule has 0 aromatic rings. The molecule has 0 spiro atoms. The third-order valence-electron chi connectivity index (χ3n) is 1.67. The summed E-state index contributed by atoms with van der Waals surface area (Å²) in [6.45, 7) is 4.22. The molecule has 0 bridgehead atoms. The Morgan fingerprint density at radius 1 is 1.38 bits per heavy atom. The van der Waals surface area contributed by atoms with Gasteiger partial charge in [0.2, 0.25) is 5.91 Å². The van der Waals surface area contributed by atoms with Gasteiger partial charge in [-0.2, -0.15) is 0 Å². The molecule has 13 heavy (non-hydrogen) atoms. The van der Waals surface area contributed by atoms with Gasteiger partial charge in [-0.3, -0.25) is 9.59 Å². The second-order valence-corrected chi connectivity index (χ2v) is 2.86. The van der Waals surface area contributed by atoms with Crippen LogP contribution >= 0.6 is 0 Å². The van der Waals surface area contributed by atoms with E-state index >= 15 is 0 Å². The largest absolute Gasteiger partial charge is 0.466 e. The molecule has 0 saturated carbocycles. The van der Waals surface area contributed by atoms with Gasteiger partial charge in [0, 0.05) is 26.9 Å². The molecule has 0 unspecified atom stereocenters. The van der Waals surface area contributed by atoms with Gasteiger partial charge in [-0.15, -0.1) is 0 Å². The highest BCUT2D eigenvalue weighted by atomic mass is 16.5. The summed E-state index contributed by atoms with van der Waals surface area (Å²) in [6.07, 6.45) is 1.21. The molecule has 4 nitrogen and oxygen atoms in total. The first-order valence-corrected chi connectivity index (χ1v) is 4.45. The number of hydrogen-bond acceptors (Lipinski definition) is 3. The molecule has 0 fully saturated rings. The minimum Gasteiger partial charge on any atom is -0.466 e. The van der Waals surface area contributed by atoms with Crippen LogP contribution in [0, 0.1) is 0 Å². The summed E-state index contributed by atoms with van der Waals surface area (Å²) in [5, 5.41) is 0. The monoisotopic (exact) mass is 187 g/mol. The fourth-order valence-corrected chi connectivity index (χ4v) is 0.912. The third-order valence-corrected chi connectivity index (χ3v) is 1.67. The zero-order valence-electron chi connectivity index (χ0n) is 8.50. The van der Waals surface area contributed by atoms with Crippen molar-refractivity contribution in [1.29, 1.82) is 0 Å². The van der Waals surface area contributed by atoms with Crippen LogP contribution in [-0.4, -0.2) is 37.0 Å². The van der Waals surface area contributed by atoms with E-state index in [0.717, 1.165) is 0 Å². The number of hydrogen-bond donors (Lipinski definition) is 0. The van der Waals surface area contributed by atoms with Crippen molar-refractivity contribution < 1.29 is 14.3 Å². The first-order chi connectivity index (χ1) is 6.07. The average molecular weight is 187 g/mol. The second-order valence-electron chi connectivity index (χ2n) is 2.86. The fourth-order valence-electron chi connectivity index (χ4n) is 0.912. The molecule has 76 valence electrons. The number of rotatable bonds is 5. The first kappa shape index (κ1) is 11.9. The molecule has 1 amide bonds. The van der Waals surface area contributed by atoms with Gasteiger partial charge in [-0.25, -0.2) is 0 Å². The van der Waals surface area contributed by atoms with E-state index in [1.165, 1.54) is 6.92 Å². The number of amides is 1. The quantitative estimate of drug-likeness (QED) is 0.472. The van der Waals surface area contributed by atoms with Crippen LogP contribution in [-0.2, 0) is 14.3 Å². The van der Waals surface area contributed by atoms with Crippen LogP contribution in [0.1, 0.15) is 26.7 Å². The van der Waals surface area contributed by atoms with Crippen LogP contribution in [0.4, 0.5) is 0 Å². The molecular formula is C9H17NO3. The standard InChI is InChI=1S/C9H17NO3/c1-4-9(12)10(3)6-5-7-13-8(2)11/h4-7H2,1-3H3. The second kappa shape index (κ2) is 6.46. The van der Waals surface area contributed by atoms with Crippen LogP contribution < -0.4 is 0 Å². The number of ether oxygens (including phenoxy) is 1. The third kappa shape index (κ3) is 6.13. The minimum atomic E-state index is -0.274. The summed E-state index contributed by atoms with van der Waals surface area (Å²) in [4.78, 5) is 23.1. The summed E-state index contributed by atoms with van der Waals surface area (Å²) >= 11 is 0. The zero-order chi connectivity index (χ0) is 10.3. The molecule has 0 rings (SSSR count). The van der Waals surface area contributed by atoms with E-state index in [0.29, 0.717) is 26.0 Å². The lowest BCUT2D eigenvalue weighted by Gasteiger charge is -2.15. The normalized spacial score (nSPS) is 9.46. The molecule has 0 N–H and O–H groups in total. The summed E-state index contributed by atoms with van der Waals surface area (Å²) < 4.78 is 4.73. The maximum absolute atomic E-state index is 11.1. The Balaban J connectivity index is 3.42. The first-order valence-electron chi connectivity index (χ1n) is 4.45. The molecule has 0 heterocycles. The molecule has 0 aliphatic carbocycles. The zero-order valence-corrected chi connectivity index (χ0v) is 8.50. The van der Waals surface area contributed by atoms with Gasteiger partial charge in [0.05, 0.1) is 6.61 Å². The lowest BCUT2D eigenvalue weighted by atomic mass is 10.3. The molecule has 4 heteroatoms. The Labute approximate surface area is 78.9 Å².